The zero-order valence-electron chi connectivity index (χ0n) is 20.1. The van der Waals surface area contributed by atoms with Gasteiger partial charge in [-0.15, -0.1) is 0 Å². The second-order valence-corrected chi connectivity index (χ2v) is 8.78. The van der Waals surface area contributed by atoms with Crippen molar-refractivity contribution >= 4 is 11.6 Å². The number of nitrogens with zero attached hydrogens (tertiary/aromatic N) is 6. The number of halogens is 3. The van der Waals surface area contributed by atoms with Crippen molar-refractivity contribution < 1.29 is 18.0 Å². The molecule has 0 aliphatic heterocycles. The Kier molecular flexibility index (Phi) is 6.30. The molecule has 1 amide bonds. The Bertz CT molecular complexity index is 1220. The van der Waals surface area contributed by atoms with Gasteiger partial charge in [0.15, 0.2) is 5.69 Å². The van der Waals surface area contributed by atoms with E-state index in [0.717, 1.165) is 23.5 Å². The lowest BCUT2D eigenvalue weighted by Gasteiger charge is -2.18. The smallest absolute Gasteiger partial charge is 0.321 e. The third kappa shape index (κ3) is 4.23. The number of aryl methyl sites for hydroxylation is 3. The second kappa shape index (κ2) is 8.92. The average Bonchev–Trinajstić information content (AvgIpc) is 3.51. The predicted octanol–water partition coefficient (Wildman–Crippen LogP) is 4.37. The van der Waals surface area contributed by atoms with Gasteiger partial charge < -0.3 is 5.32 Å². The molecule has 0 saturated carbocycles. The number of alkyl halides is 3. The maximum atomic E-state index is 13.5. The molecule has 0 bridgehead atoms. The fourth-order valence-electron chi connectivity index (χ4n) is 4.70. The standard InChI is InChI=1S/C23H30F3N7O/c1-6-18(33-19-10-8-9-17(19)21(30-33)23(24,25)26)22(34)27-20-14(4)29-32(15(20)5)12-16-11-31(7-2)28-13(16)3/h11,18H,6-10,12H2,1-5H3,(H,27,34). The van der Waals surface area contributed by atoms with Crippen LogP contribution in [0.5, 0.6) is 0 Å². The third-order valence-electron chi connectivity index (χ3n) is 6.53. The van der Waals surface area contributed by atoms with E-state index in [-0.39, 0.29) is 5.56 Å². The molecule has 1 aliphatic carbocycles. The van der Waals surface area contributed by atoms with Crippen LogP contribution >= 0.6 is 0 Å². The number of aromatic nitrogens is 6. The number of amides is 1. The minimum Gasteiger partial charge on any atom is -0.321 e. The molecule has 184 valence electrons. The predicted molar refractivity (Wildman–Crippen MR) is 121 cm³/mol. The zero-order chi connectivity index (χ0) is 24.8. The zero-order valence-corrected chi connectivity index (χ0v) is 20.1. The number of hydrogen-bond donors (Lipinski definition) is 1. The van der Waals surface area contributed by atoms with Gasteiger partial charge in [-0.05, 0) is 53.4 Å². The van der Waals surface area contributed by atoms with E-state index in [4.69, 9.17) is 0 Å². The first-order valence-corrected chi connectivity index (χ1v) is 11.6. The maximum Gasteiger partial charge on any atom is 0.435 e. The molecule has 1 aliphatic rings. The third-order valence-corrected chi connectivity index (χ3v) is 6.53. The molecule has 1 unspecified atom stereocenters. The quantitative estimate of drug-likeness (QED) is 0.548. The van der Waals surface area contributed by atoms with Crippen LogP contribution in [0.4, 0.5) is 18.9 Å². The number of carbonyl (C=O) groups is 1. The fraction of sp³-hybridized carbons (Fsp3) is 0.565. The van der Waals surface area contributed by atoms with Crippen molar-refractivity contribution in [3.05, 3.63) is 45.8 Å². The van der Waals surface area contributed by atoms with Gasteiger partial charge in [0.1, 0.15) is 6.04 Å². The van der Waals surface area contributed by atoms with Crippen molar-refractivity contribution in [3.8, 4) is 0 Å². The second-order valence-electron chi connectivity index (χ2n) is 8.78. The SMILES string of the molecule is CCC(C(=O)Nc1c(C)nn(Cc2cn(CC)nc2C)c1C)n1nc(C(F)(F)F)c2c1CCC2. The fourth-order valence-corrected chi connectivity index (χ4v) is 4.70. The van der Waals surface area contributed by atoms with Gasteiger partial charge in [0.2, 0.25) is 5.91 Å². The minimum absolute atomic E-state index is 0.224. The number of rotatable bonds is 7. The summed E-state index contributed by atoms with van der Waals surface area (Å²) in [5.41, 5.74) is 3.80. The summed E-state index contributed by atoms with van der Waals surface area (Å²) in [6, 6.07) is -0.838. The first-order valence-electron chi connectivity index (χ1n) is 11.6. The Labute approximate surface area is 196 Å². The van der Waals surface area contributed by atoms with Crippen molar-refractivity contribution in [2.75, 3.05) is 5.32 Å². The minimum atomic E-state index is -4.54. The summed E-state index contributed by atoms with van der Waals surface area (Å²) < 4.78 is 45.5. The summed E-state index contributed by atoms with van der Waals surface area (Å²) in [6.45, 7) is 10.7. The molecule has 0 saturated heterocycles. The van der Waals surface area contributed by atoms with E-state index in [1.54, 1.807) is 13.8 Å². The molecule has 8 nitrogen and oxygen atoms in total. The van der Waals surface area contributed by atoms with Gasteiger partial charge in [0, 0.05) is 29.6 Å². The largest absolute Gasteiger partial charge is 0.435 e. The van der Waals surface area contributed by atoms with Crippen LogP contribution in [0.25, 0.3) is 0 Å². The lowest BCUT2D eigenvalue weighted by atomic mass is 10.1. The molecule has 3 aromatic rings. The summed E-state index contributed by atoms with van der Waals surface area (Å²) in [7, 11) is 0. The van der Waals surface area contributed by atoms with E-state index < -0.39 is 23.8 Å². The molecule has 3 heterocycles. The first-order chi connectivity index (χ1) is 16.0. The molecule has 0 spiro atoms. The maximum absolute atomic E-state index is 13.5. The van der Waals surface area contributed by atoms with Crippen molar-refractivity contribution in [1.29, 1.82) is 0 Å². The summed E-state index contributed by atoms with van der Waals surface area (Å²) in [5, 5.41) is 15.8. The van der Waals surface area contributed by atoms with Gasteiger partial charge in [-0.3, -0.25) is 18.8 Å². The lowest BCUT2D eigenvalue weighted by Crippen LogP contribution is -2.28. The van der Waals surface area contributed by atoms with E-state index >= 15 is 0 Å². The number of fused-ring (bicyclic) bond motifs is 1. The van der Waals surface area contributed by atoms with Crippen LogP contribution in [0.3, 0.4) is 0 Å². The highest BCUT2D eigenvalue weighted by Crippen LogP contribution is 2.38. The van der Waals surface area contributed by atoms with Gasteiger partial charge in [0.25, 0.3) is 0 Å². The number of nitrogens with one attached hydrogen (secondary N) is 1. The monoisotopic (exact) mass is 477 g/mol. The van der Waals surface area contributed by atoms with E-state index in [9.17, 15) is 18.0 Å². The Morgan fingerprint density at radius 1 is 1.12 bits per heavy atom. The molecule has 0 aromatic carbocycles. The van der Waals surface area contributed by atoms with Gasteiger partial charge >= 0.3 is 6.18 Å². The molecular weight excluding hydrogens is 447 g/mol. The lowest BCUT2D eigenvalue weighted by molar-refractivity contribution is -0.142. The van der Waals surface area contributed by atoms with Gasteiger partial charge in [-0.25, -0.2) is 0 Å². The highest BCUT2D eigenvalue weighted by atomic mass is 19.4. The summed E-state index contributed by atoms with van der Waals surface area (Å²) >= 11 is 0. The summed E-state index contributed by atoms with van der Waals surface area (Å²) in [6.07, 6.45) is -0.781. The van der Waals surface area contributed by atoms with Crippen molar-refractivity contribution in [1.82, 2.24) is 29.3 Å². The summed E-state index contributed by atoms with van der Waals surface area (Å²) in [4.78, 5) is 13.3. The molecular formula is C23H30F3N7O. The Morgan fingerprint density at radius 2 is 1.85 bits per heavy atom. The van der Waals surface area contributed by atoms with E-state index in [1.807, 2.05) is 36.3 Å². The van der Waals surface area contributed by atoms with Crippen molar-refractivity contribution in [2.45, 2.75) is 85.6 Å². The van der Waals surface area contributed by atoms with Gasteiger partial charge in [-0.2, -0.15) is 28.5 Å². The Hall–Kier alpha value is -3.11. The molecule has 11 heteroatoms. The molecule has 34 heavy (non-hydrogen) atoms. The number of anilines is 1. The van der Waals surface area contributed by atoms with Crippen LogP contribution in [0, 0.1) is 20.8 Å². The van der Waals surface area contributed by atoms with Crippen LogP contribution in [-0.4, -0.2) is 35.2 Å². The van der Waals surface area contributed by atoms with E-state index in [0.29, 0.717) is 49.3 Å². The van der Waals surface area contributed by atoms with E-state index in [1.165, 1.54) is 4.68 Å². The normalized spacial score (nSPS) is 14.5. The van der Waals surface area contributed by atoms with Crippen LogP contribution < -0.4 is 5.32 Å². The molecule has 1 atom stereocenters. The van der Waals surface area contributed by atoms with Crippen LogP contribution in [0.2, 0.25) is 0 Å². The highest BCUT2D eigenvalue weighted by Gasteiger charge is 2.41. The highest BCUT2D eigenvalue weighted by molar-refractivity contribution is 5.94. The van der Waals surface area contributed by atoms with Crippen molar-refractivity contribution in [2.24, 2.45) is 0 Å². The molecule has 4 rings (SSSR count). The average molecular weight is 478 g/mol. The molecule has 1 N–H and O–H groups in total. The Balaban J connectivity index is 1.60. The molecule has 0 radical (unpaired) electrons. The summed E-state index contributed by atoms with van der Waals surface area (Å²) in [5.74, 6) is -0.394. The van der Waals surface area contributed by atoms with Gasteiger partial charge in [-0.1, -0.05) is 6.92 Å². The number of carbonyl (C=O) groups excluding carboxylic acids is 1. The number of hydrogen-bond acceptors (Lipinski definition) is 4. The topological polar surface area (TPSA) is 82.6 Å². The van der Waals surface area contributed by atoms with Crippen molar-refractivity contribution in [3.63, 3.8) is 0 Å². The van der Waals surface area contributed by atoms with Gasteiger partial charge in [0.05, 0.1) is 29.3 Å². The van der Waals surface area contributed by atoms with E-state index in [2.05, 4.69) is 20.6 Å². The van der Waals surface area contributed by atoms with Crippen LogP contribution in [0.15, 0.2) is 6.20 Å². The van der Waals surface area contributed by atoms with Crippen LogP contribution in [-0.2, 0) is 36.9 Å². The Morgan fingerprint density at radius 3 is 2.47 bits per heavy atom. The first kappa shape index (κ1) is 24.0. The molecule has 3 aromatic heterocycles. The van der Waals surface area contributed by atoms with Crippen LogP contribution in [0.1, 0.15) is 72.3 Å². The molecule has 0 fully saturated rings.